The van der Waals surface area contributed by atoms with E-state index in [1.807, 2.05) is 5.57 Å². The first-order chi connectivity index (χ1) is 15.0. The molecular formula is C32H50O. The fraction of sp³-hybridized carbons (Fsp3) is 0.906. The van der Waals surface area contributed by atoms with Crippen LogP contribution in [-0.4, -0.2) is 5.78 Å². The van der Waals surface area contributed by atoms with Crippen molar-refractivity contribution < 1.29 is 4.79 Å². The molecule has 33 heavy (non-hydrogen) atoms. The maximum atomic E-state index is 13.1. The van der Waals surface area contributed by atoms with Crippen LogP contribution in [0.5, 0.6) is 0 Å². The third-order valence-electron chi connectivity index (χ3n) is 15.4. The molecule has 0 saturated heterocycles. The molecule has 0 aromatic rings. The summed E-state index contributed by atoms with van der Waals surface area (Å²) in [7, 11) is 0. The molecule has 4 unspecified atom stereocenters. The summed E-state index contributed by atoms with van der Waals surface area (Å²) in [5.41, 5.74) is 4.42. The Balaban J connectivity index is 1.52. The summed E-state index contributed by atoms with van der Waals surface area (Å²) in [5.74, 6) is 0.579. The third kappa shape index (κ3) is 2.08. The van der Waals surface area contributed by atoms with Gasteiger partial charge in [-0.05, 0) is 108 Å². The van der Waals surface area contributed by atoms with Crippen molar-refractivity contribution in [3.63, 3.8) is 0 Å². The minimum Gasteiger partial charge on any atom is -0.299 e. The van der Waals surface area contributed by atoms with E-state index in [-0.39, 0.29) is 27.1 Å². The van der Waals surface area contributed by atoms with E-state index in [9.17, 15) is 4.79 Å². The van der Waals surface area contributed by atoms with Gasteiger partial charge in [-0.15, -0.1) is 0 Å². The smallest absolute Gasteiger partial charge is 0.139 e. The minimum absolute atomic E-state index is 0.0280. The lowest BCUT2D eigenvalue weighted by Crippen LogP contribution is -2.69. The number of allylic oxidation sites excluding steroid dienone is 2. The molecule has 1 heteroatoms. The predicted molar refractivity (Wildman–Crippen MR) is 137 cm³/mol. The first-order valence-electron chi connectivity index (χ1n) is 14.2. The Morgan fingerprint density at radius 3 is 1.97 bits per heavy atom. The van der Waals surface area contributed by atoms with E-state index in [1.165, 1.54) is 51.4 Å². The lowest BCUT2D eigenvalue weighted by molar-refractivity contribution is -0.231. The van der Waals surface area contributed by atoms with Gasteiger partial charge in [-0.25, -0.2) is 0 Å². The second-order valence-electron chi connectivity index (χ2n) is 16.4. The van der Waals surface area contributed by atoms with Gasteiger partial charge in [0.2, 0.25) is 0 Å². The van der Waals surface area contributed by atoms with Gasteiger partial charge < -0.3 is 0 Å². The van der Waals surface area contributed by atoms with Crippen molar-refractivity contribution in [1.82, 2.24) is 0 Å². The molecule has 0 aromatic heterocycles. The van der Waals surface area contributed by atoms with Gasteiger partial charge >= 0.3 is 0 Å². The Morgan fingerprint density at radius 2 is 1.27 bits per heavy atom. The summed E-state index contributed by atoms with van der Waals surface area (Å²) < 4.78 is 0. The monoisotopic (exact) mass is 450 g/mol. The summed E-state index contributed by atoms with van der Waals surface area (Å²) >= 11 is 0. The van der Waals surface area contributed by atoms with Crippen molar-refractivity contribution >= 4 is 5.78 Å². The minimum atomic E-state index is -0.0280. The fourth-order valence-electron chi connectivity index (χ4n) is 12.3. The molecule has 0 N–H and O–H groups in total. The summed E-state index contributed by atoms with van der Waals surface area (Å²) in [4.78, 5) is 13.1. The van der Waals surface area contributed by atoms with Gasteiger partial charge in [0, 0.05) is 11.8 Å². The van der Waals surface area contributed by atoms with Crippen molar-refractivity contribution in [3.8, 4) is 0 Å². The van der Waals surface area contributed by atoms with E-state index in [4.69, 9.17) is 0 Å². The van der Waals surface area contributed by atoms with E-state index in [0.717, 1.165) is 19.3 Å². The SMILES string of the molecule is CC1(C)CCC2(C)CC[C@]3(C)C(=CC[C@]4(C)C5(C)CCC(=O)[C@@]6(C)C[C@@]56CCC43C)C2(C)C1. The molecule has 8 atom stereocenters. The highest BCUT2D eigenvalue weighted by Gasteiger charge is 2.84. The molecule has 5 saturated carbocycles. The zero-order valence-electron chi connectivity index (χ0n) is 23.3. The zero-order chi connectivity index (χ0) is 24.1. The fourth-order valence-corrected chi connectivity index (χ4v) is 12.3. The van der Waals surface area contributed by atoms with Gasteiger partial charge in [0.05, 0.1) is 0 Å². The van der Waals surface area contributed by atoms with Crippen LogP contribution < -0.4 is 0 Å². The number of ketones is 1. The number of Topliss-reactive ketones (excluding diaryl/α,β-unsaturated/α-hetero) is 1. The number of hydrogen-bond acceptors (Lipinski definition) is 1. The highest BCUT2D eigenvalue weighted by atomic mass is 16.1. The van der Waals surface area contributed by atoms with E-state index < -0.39 is 0 Å². The van der Waals surface area contributed by atoms with E-state index in [2.05, 4.69) is 68.4 Å². The largest absolute Gasteiger partial charge is 0.299 e. The first-order valence-corrected chi connectivity index (χ1v) is 14.2. The maximum Gasteiger partial charge on any atom is 0.139 e. The molecule has 6 aliphatic rings. The van der Waals surface area contributed by atoms with Crippen molar-refractivity contribution in [2.75, 3.05) is 0 Å². The van der Waals surface area contributed by atoms with Crippen molar-refractivity contribution in [3.05, 3.63) is 11.6 Å². The van der Waals surface area contributed by atoms with Crippen LogP contribution in [0.25, 0.3) is 0 Å². The van der Waals surface area contributed by atoms with Gasteiger partial charge in [-0.3, -0.25) is 4.79 Å². The highest BCUT2D eigenvalue weighted by Crippen LogP contribution is 2.89. The molecule has 0 bridgehead atoms. The number of carbonyl (C=O) groups is 1. The second kappa shape index (κ2) is 5.70. The van der Waals surface area contributed by atoms with Crippen LogP contribution >= 0.6 is 0 Å². The number of rotatable bonds is 0. The van der Waals surface area contributed by atoms with Gasteiger partial charge in [-0.2, -0.15) is 0 Å². The molecule has 0 radical (unpaired) electrons. The van der Waals surface area contributed by atoms with Crippen molar-refractivity contribution in [1.29, 1.82) is 0 Å². The Kier molecular flexibility index (Phi) is 3.94. The van der Waals surface area contributed by atoms with Crippen LogP contribution in [0.1, 0.15) is 133 Å². The first kappa shape index (κ1) is 22.8. The average molecular weight is 451 g/mol. The van der Waals surface area contributed by atoms with E-state index in [0.29, 0.717) is 27.4 Å². The van der Waals surface area contributed by atoms with Gasteiger partial charge in [0.15, 0.2) is 0 Å². The van der Waals surface area contributed by atoms with Crippen molar-refractivity contribution in [2.45, 2.75) is 133 Å². The van der Waals surface area contributed by atoms with Gasteiger partial charge in [0.1, 0.15) is 5.78 Å². The lowest BCUT2D eigenvalue weighted by Gasteiger charge is -2.76. The number of carbonyl (C=O) groups excluding carboxylic acids is 1. The van der Waals surface area contributed by atoms with Crippen LogP contribution in [0.3, 0.4) is 0 Å². The summed E-state index contributed by atoms with van der Waals surface area (Å²) in [6.45, 7) is 23.4. The molecule has 1 nitrogen and oxygen atoms in total. The standard InChI is InChI=1S/C32H50O/c1-24(2)14-15-25(3)16-17-26(4)22(27(25,5)20-24)10-12-30(8)29(26,7)18-19-32-21-28(32,6)23(33)11-13-31(30,32)9/h10H,11-21H2,1-9H3/t25?,26-,27?,28-,29?,30+,31?,32-/m1/s1. The van der Waals surface area contributed by atoms with Gasteiger partial charge in [0.25, 0.3) is 0 Å². The Morgan fingerprint density at radius 1 is 0.606 bits per heavy atom. The van der Waals surface area contributed by atoms with E-state index >= 15 is 0 Å². The Bertz CT molecular complexity index is 988. The van der Waals surface area contributed by atoms with Crippen molar-refractivity contribution in [2.24, 2.45) is 48.7 Å². The molecule has 0 aromatic carbocycles. The van der Waals surface area contributed by atoms with Crippen LogP contribution in [0.15, 0.2) is 11.6 Å². The summed E-state index contributed by atoms with van der Waals surface area (Å²) in [6.07, 6.45) is 16.6. The molecule has 6 rings (SSSR count). The maximum absolute atomic E-state index is 13.1. The topological polar surface area (TPSA) is 17.1 Å². The molecule has 6 aliphatic carbocycles. The molecule has 184 valence electrons. The summed E-state index contributed by atoms with van der Waals surface area (Å²) in [5, 5.41) is 0. The van der Waals surface area contributed by atoms with Crippen LogP contribution in [-0.2, 0) is 4.79 Å². The van der Waals surface area contributed by atoms with Crippen LogP contribution in [0.4, 0.5) is 0 Å². The molecule has 0 heterocycles. The normalized spacial score (nSPS) is 61.0. The van der Waals surface area contributed by atoms with Crippen LogP contribution in [0, 0.1) is 48.7 Å². The zero-order valence-corrected chi connectivity index (χ0v) is 23.3. The number of hydrogen-bond donors (Lipinski definition) is 0. The Labute approximate surface area is 203 Å². The molecule has 5 fully saturated rings. The molecule has 0 aliphatic heterocycles. The van der Waals surface area contributed by atoms with Crippen LogP contribution in [0.2, 0.25) is 0 Å². The molecular weight excluding hydrogens is 400 g/mol. The Hall–Kier alpha value is -0.590. The second-order valence-corrected chi connectivity index (χ2v) is 16.4. The highest BCUT2D eigenvalue weighted by molar-refractivity contribution is 5.90. The van der Waals surface area contributed by atoms with Gasteiger partial charge in [-0.1, -0.05) is 74.0 Å². The quantitative estimate of drug-likeness (QED) is 0.337. The predicted octanol–water partition coefficient (Wildman–Crippen LogP) is 8.91. The number of fused-ring (bicyclic) bond motifs is 6. The molecule has 1 spiro atoms. The average Bonchev–Trinajstić information content (AvgIpc) is 3.36. The third-order valence-corrected chi connectivity index (χ3v) is 15.4. The molecule has 0 amide bonds. The lowest BCUT2D eigenvalue weighted by atomic mass is 9.28. The van der Waals surface area contributed by atoms with E-state index in [1.54, 1.807) is 0 Å². The summed E-state index contributed by atoms with van der Waals surface area (Å²) in [6, 6.07) is 0.